The van der Waals surface area contributed by atoms with Gasteiger partial charge in [0.15, 0.2) is 11.6 Å². The molecule has 0 fully saturated rings. The molecule has 0 heterocycles. The van der Waals surface area contributed by atoms with Crippen molar-refractivity contribution in [3.8, 4) is 0 Å². The number of fused-ring (bicyclic) bond motifs is 2. The Kier molecular flexibility index (Phi) is 6.29. The van der Waals surface area contributed by atoms with E-state index in [0.717, 1.165) is 6.54 Å². The van der Waals surface area contributed by atoms with E-state index in [1.165, 1.54) is 6.92 Å². The van der Waals surface area contributed by atoms with Crippen molar-refractivity contribution in [3.05, 3.63) is 58.7 Å². The Hall–Kier alpha value is -3.19. The number of likely N-dealkylation sites (N-methyl/N-ethyl adjacent to an activating group) is 1. The fourth-order valence-electron chi connectivity index (χ4n) is 3.37. The summed E-state index contributed by atoms with van der Waals surface area (Å²) in [4.78, 5) is 39.6. The van der Waals surface area contributed by atoms with Gasteiger partial charge in [-0.05, 0) is 26.2 Å². The molecule has 1 aliphatic carbocycles. The molecule has 0 radical (unpaired) electrons. The number of ketones is 2. The van der Waals surface area contributed by atoms with Crippen molar-refractivity contribution in [2.75, 3.05) is 50.9 Å². The summed E-state index contributed by atoms with van der Waals surface area (Å²) >= 11 is 0. The fraction of sp³-hybridized carbons (Fsp3) is 0.318. The van der Waals surface area contributed by atoms with Gasteiger partial charge in [-0.25, -0.2) is 0 Å². The summed E-state index contributed by atoms with van der Waals surface area (Å²) < 4.78 is 0. The molecule has 7 nitrogen and oxygen atoms in total. The molecule has 0 spiro atoms. The van der Waals surface area contributed by atoms with Crippen molar-refractivity contribution in [2.24, 2.45) is 0 Å². The maximum absolute atomic E-state index is 13.3. The van der Waals surface area contributed by atoms with E-state index in [-0.39, 0.29) is 17.5 Å². The summed E-state index contributed by atoms with van der Waals surface area (Å²) in [6.07, 6.45) is 0. The number of anilines is 2. The Bertz CT molecular complexity index is 953. The molecule has 0 bridgehead atoms. The third kappa shape index (κ3) is 4.46. The normalized spacial score (nSPS) is 12.4. The van der Waals surface area contributed by atoms with Gasteiger partial charge in [0, 0.05) is 55.6 Å². The number of hydrogen-bond acceptors (Lipinski definition) is 6. The molecule has 0 saturated carbocycles. The van der Waals surface area contributed by atoms with Gasteiger partial charge in [0.1, 0.15) is 0 Å². The molecule has 0 saturated heterocycles. The molecule has 3 rings (SSSR count). The minimum atomic E-state index is -0.173. The highest BCUT2D eigenvalue weighted by molar-refractivity contribution is 6.31. The number of nitrogens with one attached hydrogen (secondary N) is 3. The Balaban J connectivity index is 1.97. The Labute approximate surface area is 170 Å². The molecule has 0 aromatic heterocycles. The molecule has 0 atom stereocenters. The second-order valence-electron chi connectivity index (χ2n) is 7.25. The first-order chi connectivity index (χ1) is 13.9. The quantitative estimate of drug-likeness (QED) is 0.506. The average Bonchev–Trinajstić information content (AvgIpc) is 2.69. The fourth-order valence-corrected chi connectivity index (χ4v) is 3.37. The van der Waals surface area contributed by atoms with Gasteiger partial charge in [-0.15, -0.1) is 0 Å². The molecule has 152 valence electrons. The second kappa shape index (κ2) is 8.87. The predicted molar refractivity (Wildman–Crippen MR) is 114 cm³/mol. The molecule has 7 heteroatoms. The van der Waals surface area contributed by atoms with Gasteiger partial charge < -0.3 is 20.9 Å². The molecule has 0 aliphatic heterocycles. The zero-order valence-electron chi connectivity index (χ0n) is 17.0. The standard InChI is InChI=1S/C22H26N4O3/c1-14(27)23-10-11-24-17-8-9-18(25-12-13-26(2)3)20-19(17)21(28)15-6-4-5-7-16(15)22(20)29/h4-9,24-25H,10-13H2,1-3H3,(H,23,27). The van der Waals surface area contributed by atoms with Crippen molar-refractivity contribution in [1.29, 1.82) is 0 Å². The van der Waals surface area contributed by atoms with Crippen LogP contribution in [0.15, 0.2) is 36.4 Å². The van der Waals surface area contributed by atoms with Crippen LogP contribution in [-0.2, 0) is 4.79 Å². The first-order valence-corrected chi connectivity index (χ1v) is 9.62. The topological polar surface area (TPSA) is 90.5 Å². The molecule has 2 aromatic carbocycles. The highest BCUT2D eigenvalue weighted by Gasteiger charge is 2.33. The third-order valence-electron chi connectivity index (χ3n) is 4.76. The predicted octanol–water partition coefficient (Wildman–Crippen LogP) is 1.98. The van der Waals surface area contributed by atoms with Gasteiger partial charge in [-0.2, -0.15) is 0 Å². The summed E-state index contributed by atoms with van der Waals surface area (Å²) in [5.74, 6) is -0.448. The summed E-state index contributed by atoms with van der Waals surface area (Å²) in [7, 11) is 3.95. The molecule has 3 N–H and O–H groups in total. The van der Waals surface area contributed by atoms with E-state index in [9.17, 15) is 14.4 Å². The number of carbonyl (C=O) groups is 3. The highest BCUT2D eigenvalue weighted by Crippen LogP contribution is 2.36. The van der Waals surface area contributed by atoms with Crippen LogP contribution in [0.2, 0.25) is 0 Å². The zero-order valence-corrected chi connectivity index (χ0v) is 17.0. The number of nitrogens with zero attached hydrogens (tertiary/aromatic N) is 1. The number of amides is 1. The molecular formula is C22H26N4O3. The van der Waals surface area contributed by atoms with Crippen LogP contribution >= 0.6 is 0 Å². The highest BCUT2D eigenvalue weighted by atomic mass is 16.1. The van der Waals surface area contributed by atoms with Crippen LogP contribution in [0.5, 0.6) is 0 Å². The van der Waals surface area contributed by atoms with Gasteiger partial charge in [0.05, 0.1) is 11.1 Å². The minimum Gasteiger partial charge on any atom is -0.383 e. The number of hydrogen-bond donors (Lipinski definition) is 3. The first-order valence-electron chi connectivity index (χ1n) is 9.62. The van der Waals surface area contributed by atoms with Gasteiger partial charge in [-0.3, -0.25) is 14.4 Å². The number of carbonyl (C=O) groups excluding carboxylic acids is 3. The molecular weight excluding hydrogens is 368 g/mol. The van der Waals surface area contributed by atoms with Crippen molar-refractivity contribution >= 4 is 28.8 Å². The summed E-state index contributed by atoms with van der Waals surface area (Å²) in [5, 5.41) is 9.19. The maximum Gasteiger partial charge on any atom is 0.216 e. The van der Waals surface area contributed by atoms with Crippen LogP contribution < -0.4 is 16.0 Å². The summed E-state index contributed by atoms with van der Waals surface area (Å²) in [5.41, 5.74) is 2.87. The second-order valence-corrected chi connectivity index (χ2v) is 7.25. The van der Waals surface area contributed by atoms with Crippen LogP contribution in [0, 0.1) is 0 Å². The smallest absolute Gasteiger partial charge is 0.216 e. The van der Waals surface area contributed by atoms with Crippen LogP contribution in [-0.4, -0.2) is 62.6 Å². The summed E-state index contributed by atoms with van der Waals surface area (Å²) in [6.45, 7) is 3.77. The third-order valence-corrected chi connectivity index (χ3v) is 4.76. The van der Waals surface area contributed by atoms with E-state index in [4.69, 9.17) is 0 Å². The lowest BCUT2D eigenvalue weighted by molar-refractivity contribution is -0.118. The van der Waals surface area contributed by atoms with E-state index in [2.05, 4.69) is 16.0 Å². The van der Waals surface area contributed by atoms with E-state index >= 15 is 0 Å². The average molecular weight is 394 g/mol. The summed E-state index contributed by atoms with van der Waals surface area (Å²) in [6, 6.07) is 10.5. The van der Waals surface area contributed by atoms with Crippen LogP contribution in [0.3, 0.4) is 0 Å². The monoisotopic (exact) mass is 394 g/mol. The van der Waals surface area contributed by atoms with E-state index in [1.54, 1.807) is 24.3 Å². The Morgan fingerprint density at radius 2 is 1.34 bits per heavy atom. The van der Waals surface area contributed by atoms with E-state index < -0.39 is 0 Å². The molecule has 1 aliphatic rings. The van der Waals surface area contributed by atoms with Gasteiger partial charge in [-0.1, -0.05) is 24.3 Å². The molecule has 2 aromatic rings. The maximum atomic E-state index is 13.3. The Morgan fingerprint density at radius 3 is 1.83 bits per heavy atom. The largest absolute Gasteiger partial charge is 0.383 e. The van der Waals surface area contributed by atoms with Gasteiger partial charge in [0.2, 0.25) is 5.91 Å². The molecule has 29 heavy (non-hydrogen) atoms. The molecule has 1 amide bonds. The Morgan fingerprint density at radius 1 is 0.828 bits per heavy atom. The number of rotatable bonds is 8. The van der Waals surface area contributed by atoms with Crippen molar-refractivity contribution in [2.45, 2.75) is 6.92 Å². The number of benzene rings is 2. The van der Waals surface area contributed by atoms with Crippen LogP contribution in [0.25, 0.3) is 0 Å². The van der Waals surface area contributed by atoms with Gasteiger partial charge >= 0.3 is 0 Å². The van der Waals surface area contributed by atoms with Crippen LogP contribution in [0.4, 0.5) is 11.4 Å². The SMILES string of the molecule is CC(=O)NCCNc1ccc(NCCN(C)C)c2c1C(=O)c1ccccc1C2=O. The van der Waals surface area contributed by atoms with E-state index in [1.807, 2.05) is 31.1 Å². The van der Waals surface area contributed by atoms with Crippen molar-refractivity contribution in [1.82, 2.24) is 10.2 Å². The lowest BCUT2D eigenvalue weighted by atomic mass is 9.82. The van der Waals surface area contributed by atoms with Crippen LogP contribution in [0.1, 0.15) is 38.8 Å². The van der Waals surface area contributed by atoms with Crippen molar-refractivity contribution < 1.29 is 14.4 Å². The first kappa shape index (κ1) is 20.5. The zero-order chi connectivity index (χ0) is 21.0. The van der Waals surface area contributed by atoms with E-state index in [0.29, 0.717) is 53.3 Å². The minimum absolute atomic E-state index is 0.116. The van der Waals surface area contributed by atoms with Crippen molar-refractivity contribution in [3.63, 3.8) is 0 Å². The lowest BCUT2D eigenvalue weighted by Gasteiger charge is -2.24. The lowest BCUT2D eigenvalue weighted by Crippen LogP contribution is -2.28. The van der Waals surface area contributed by atoms with Gasteiger partial charge in [0.25, 0.3) is 0 Å². The molecule has 0 unspecified atom stereocenters.